The number of aryl methyl sites for hydroxylation is 2. The SMILES string of the molecule is CCc1c(C)nc2cc(C)nn2c1Cl. The summed E-state index contributed by atoms with van der Waals surface area (Å²) in [5, 5.41) is 4.97. The lowest BCUT2D eigenvalue weighted by Gasteiger charge is -2.06. The summed E-state index contributed by atoms with van der Waals surface area (Å²) in [7, 11) is 0. The van der Waals surface area contributed by atoms with E-state index in [1.807, 2.05) is 19.9 Å². The zero-order valence-electron chi connectivity index (χ0n) is 8.50. The predicted molar refractivity (Wildman–Crippen MR) is 56.8 cm³/mol. The average Bonchev–Trinajstić information content (AvgIpc) is 2.47. The molecule has 0 amide bonds. The summed E-state index contributed by atoms with van der Waals surface area (Å²) in [4.78, 5) is 4.44. The molecule has 0 fully saturated rings. The topological polar surface area (TPSA) is 30.2 Å². The van der Waals surface area contributed by atoms with Gasteiger partial charge in [-0.3, -0.25) is 0 Å². The minimum absolute atomic E-state index is 0.683. The minimum Gasteiger partial charge on any atom is -0.233 e. The van der Waals surface area contributed by atoms with Gasteiger partial charge in [0.25, 0.3) is 0 Å². The van der Waals surface area contributed by atoms with Gasteiger partial charge in [0.05, 0.1) is 5.69 Å². The maximum atomic E-state index is 6.22. The van der Waals surface area contributed by atoms with Crippen LogP contribution in [0.4, 0.5) is 0 Å². The molecule has 0 aromatic carbocycles. The maximum Gasteiger partial charge on any atom is 0.157 e. The second kappa shape index (κ2) is 3.24. The van der Waals surface area contributed by atoms with E-state index in [-0.39, 0.29) is 0 Å². The van der Waals surface area contributed by atoms with E-state index in [1.165, 1.54) is 0 Å². The molecule has 0 aliphatic rings. The van der Waals surface area contributed by atoms with Gasteiger partial charge in [-0.15, -0.1) is 0 Å². The smallest absolute Gasteiger partial charge is 0.157 e. The molecule has 0 unspecified atom stereocenters. The molecule has 74 valence electrons. The molecule has 0 aliphatic carbocycles. The van der Waals surface area contributed by atoms with Gasteiger partial charge in [-0.2, -0.15) is 5.10 Å². The largest absolute Gasteiger partial charge is 0.233 e. The van der Waals surface area contributed by atoms with Crippen LogP contribution in [0.25, 0.3) is 5.65 Å². The van der Waals surface area contributed by atoms with Crippen molar-refractivity contribution in [2.45, 2.75) is 27.2 Å². The lowest BCUT2D eigenvalue weighted by molar-refractivity contribution is 0.882. The summed E-state index contributed by atoms with van der Waals surface area (Å²) in [6, 6.07) is 1.93. The highest BCUT2D eigenvalue weighted by molar-refractivity contribution is 6.30. The number of nitrogens with zero attached hydrogens (tertiary/aromatic N) is 3. The zero-order chi connectivity index (χ0) is 10.3. The van der Waals surface area contributed by atoms with Crippen LogP contribution >= 0.6 is 11.6 Å². The van der Waals surface area contributed by atoms with Crippen molar-refractivity contribution in [2.75, 3.05) is 0 Å². The van der Waals surface area contributed by atoms with Gasteiger partial charge in [0.15, 0.2) is 5.65 Å². The van der Waals surface area contributed by atoms with Crippen LogP contribution < -0.4 is 0 Å². The Kier molecular flexibility index (Phi) is 2.19. The summed E-state index contributed by atoms with van der Waals surface area (Å²) < 4.78 is 1.70. The Labute approximate surface area is 87.7 Å². The van der Waals surface area contributed by atoms with Gasteiger partial charge in [-0.25, -0.2) is 9.50 Å². The standard InChI is InChI=1S/C10H12ClN3/c1-4-8-7(3)12-9-5-6(2)13-14(9)10(8)11/h5H,4H2,1-3H3. The van der Waals surface area contributed by atoms with E-state index in [4.69, 9.17) is 11.6 Å². The van der Waals surface area contributed by atoms with Crippen LogP contribution in [-0.2, 0) is 6.42 Å². The van der Waals surface area contributed by atoms with Crippen molar-refractivity contribution in [1.82, 2.24) is 14.6 Å². The first-order valence-corrected chi connectivity index (χ1v) is 5.02. The van der Waals surface area contributed by atoms with E-state index in [0.29, 0.717) is 5.15 Å². The Hall–Kier alpha value is -1.09. The van der Waals surface area contributed by atoms with Crippen LogP contribution in [0.3, 0.4) is 0 Å². The molecule has 0 N–H and O–H groups in total. The second-order valence-electron chi connectivity index (χ2n) is 3.38. The monoisotopic (exact) mass is 209 g/mol. The first-order valence-electron chi connectivity index (χ1n) is 4.65. The fourth-order valence-corrected chi connectivity index (χ4v) is 2.02. The van der Waals surface area contributed by atoms with Crippen molar-refractivity contribution in [3.05, 3.63) is 28.2 Å². The van der Waals surface area contributed by atoms with E-state index in [0.717, 1.165) is 29.0 Å². The Morgan fingerprint density at radius 2 is 2.14 bits per heavy atom. The maximum absolute atomic E-state index is 6.22. The molecule has 2 aromatic heterocycles. The van der Waals surface area contributed by atoms with E-state index in [2.05, 4.69) is 17.0 Å². The molecule has 0 radical (unpaired) electrons. The van der Waals surface area contributed by atoms with Gasteiger partial charge in [-0.05, 0) is 20.3 Å². The van der Waals surface area contributed by atoms with Crippen molar-refractivity contribution >= 4 is 17.2 Å². The second-order valence-corrected chi connectivity index (χ2v) is 3.73. The Morgan fingerprint density at radius 3 is 2.79 bits per heavy atom. The zero-order valence-corrected chi connectivity index (χ0v) is 9.26. The van der Waals surface area contributed by atoms with Crippen molar-refractivity contribution in [3.8, 4) is 0 Å². The molecule has 0 spiro atoms. The molecular formula is C10H12ClN3. The molecule has 0 aliphatic heterocycles. The summed E-state index contributed by atoms with van der Waals surface area (Å²) in [5.41, 5.74) is 3.82. The molecule has 0 bridgehead atoms. The van der Waals surface area contributed by atoms with E-state index in [1.54, 1.807) is 4.52 Å². The summed E-state index contributed by atoms with van der Waals surface area (Å²) in [6.45, 7) is 5.98. The van der Waals surface area contributed by atoms with E-state index < -0.39 is 0 Å². The fourth-order valence-electron chi connectivity index (χ4n) is 1.63. The van der Waals surface area contributed by atoms with Crippen LogP contribution in [0.1, 0.15) is 23.9 Å². The minimum atomic E-state index is 0.683. The van der Waals surface area contributed by atoms with Gasteiger partial charge in [0, 0.05) is 17.3 Å². The first kappa shape index (κ1) is 9.46. The van der Waals surface area contributed by atoms with Crippen LogP contribution in [-0.4, -0.2) is 14.6 Å². The molecule has 2 rings (SSSR count). The first-order chi connectivity index (χ1) is 6.63. The molecular weight excluding hydrogens is 198 g/mol. The Morgan fingerprint density at radius 1 is 1.43 bits per heavy atom. The lowest BCUT2D eigenvalue weighted by atomic mass is 10.2. The average molecular weight is 210 g/mol. The molecule has 2 aromatic rings. The van der Waals surface area contributed by atoms with Gasteiger partial charge < -0.3 is 0 Å². The van der Waals surface area contributed by atoms with Crippen molar-refractivity contribution in [2.24, 2.45) is 0 Å². The van der Waals surface area contributed by atoms with Crippen LogP contribution in [0.5, 0.6) is 0 Å². The third kappa shape index (κ3) is 1.28. The molecule has 14 heavy (non-hydrogen) atoms. The number of halogens is 1. The van der Waals surface area contributed by atoms with Crippen LogP contribution in [0.2, 0.25) is 5.15 Å². The summed E-state index contributed by atoms with van der Waals surface area (Å²) in [5.74, 6) is 0. The predicted octanol–water partition coefficient (Wildman–Crippen LogP) is 2.56. The van der Waals surface area contributed by atoms with Crippen LogP contribution in [0, 0.1) is 13.8 Å². The molecule has 3 nitrogen and oxygen atoms in total. The number of hydrogen-bond donors (Lipinski definition) is 0. The van der Waals surface area contributed by atoms with Gasteiger partial charge in [-0.1, -0.05) is 18.5 Å². The molecule has 4 heteroatoms. The van der Waals surface area contributed by atoms with E-state index >= 15 is 0 Å². The third-order valence-corrected chi connectivity index (χ3v) is 2.71. The van der Waals surface area contributed by atoms with Gasteiger partial charge in [0.1, 0.15) is 5.15 Å². The Bertz CT molecular complexity index is 488. The van der Waals surface area contributed by atoms with Crippen LogP contribution in [0.15, 0.2) is 6.07 Å². The lowest BCUT2D eigenvalue weighted by Crippen LogP contribution is -2.01. The van der Waals surface area contributed by atoms with Crippen molar-refractivity contribution in [1.29, 1.82) is 0 Å². The highest BCUT2D eigenvalue weighted by atomic mass is 35.5. The number of hydrogen-bond acceptors (Lipinski definition) is 2. The van der Waals surface area contributed by atoms with Gasteiger partial charge in [0.2, 0.25) is 0 Å². The normalized spacial score (nSPS) is 11.1. The Balaban J connectivity index is 2.84. The molecule has 2 heterocycles. The highest BCUT2D eigenvalue weighted by Crippen LogP contribution is 2.20. The number of fused-ring (bicyclic) bond motifs is 1. The van der Waals surface area contributed by atoms with E-state index in [9.17, 15) is 0 Å². The summed E-state index contributed by atoms with van der Waals surface area (Å²) in [6.07, 6.45) is 0.881. The fraction of sp³-hybridized carbons (Fsp3) is 0.400. The van der Waals surface area contributed by atoms with Gasteiger partial charge >= 0.3 is 0 Å². The molecule has 0 atom stereocenters. The third-order valence-electron chi connectivity index (χ3n) is 2.32. The molecule has 0 saturated heterocycles. The molecule has 0 saturated carbocycles. The number of rotatable bonds is 1. The van der Waals surface area contributed by atoms with Crippen molar-refractivity contribution < 1.29 is 0 Å². The highest BCUT2D eigenvalue weighted by Gasteiger charge is 2.10. The van der Waals surface area contributed by atoms with Crippen molar-refractivity contribution in [3.63, 3.8) is 0 Å². The number of aromatic nitrogens is 3. The quantitative estimate of drug-likeness (QED) is 0.676. The summed E-state index contributed by atoms with van der Waals surface area (Å²) >= 11 is 6.22.